The van der Waals surface area contributed by atoms with E-state index in [1.807, 2.05) is 23.4 Å². The number of fused-ring (bicyclic) bond motifs is 1. The normalized spacial score (nSPS) is 31.8. The first-order valence-electron chi connectivity index (χ1n) is 8.30. The first-order chi connectivity index (χ1) is 11.6. The average Bonchev–Trinajstić information content (AvgIpc) is 2.90. The van der Waals surface area contributed by atoms with E-state index in [1.54, 1.807) is 13.8 Å². The first-order valence-corrected chi connectivity index (χ1v) is 9.81. The van der Waals surface area contributed by atoms with Crippen LogP contribution in [0.5, 0.6) is 0 Å². The molecule has 0 bridgehead atoms. The maximum Gasteiger partial charge on any atom is 0.216 e. The molecule has 8 nitrogen and oxygen atoms in total. The molecule has 0 aromatic carbocycles. The van der Waals surface area contributed by atoms with E-state index in [4.69, 9.17) is 5.84 Å². The van der Waals surface area contributed by atoms with Crippen molar-refractivity contribution in [3.63, 3.8) is 0 Å². The van der Waals surface area contributed by atoms with Crippen molar-refractivity contribution in [3.05, 3.63) is 24.0 Å². The van der Waals surface area contributed by atoms with Gasteiger partial charge >= 0.3 is 0 Å². The molecule has 3 aliphatic rings. The zero-order valence-corrected chi connectivity index (χ0v) is 15.6. The van der Waals surface area contributed by atoms with Gasteiger partial charge in [-0.3, -0.25) is 0 Å². The average molecular weight is 367 g/mol. The Bertz CT molecular complexity index is 763. The van der Waals surface area contributed by atoms with Gasteiger partial charge in [0.15, 0.2) is 0 Å². The number of aliphatic hydroxyl groups is 1. The van der Waals surface area contributed by atoms with Crippen molar-refractivity contribution in [2.24, 2.45) is 11.3 Å². The molecule has 2 atom stereocenters. The molecule has 0 radical (unpaired) electrons. The van der Waals surface area contributed by atoms with Gasteiger partial charge in [0.25, 0.3) is 0 Å². The highest BCUT2D eigenvalue weighted by molar-refractivity contribution is 7.89. The molecule has 0 spiro atoms. The number of hydrogen-bond donors (Lipinski definition) is 2. The molecule has 1 saturated carbocycles. The minimum absolute atomic E-state index is 0.0670. The van der Waals surface area contributed by atoms with Gasteiger partial charge in [-0.25, -0.2) is 14.3 Å². The van der Waals surface area contributed by atoms with Gasteiger partial charge in [-0.2, -0.15) is 9.57 Å². The minimum Gasteiger partial charge on any atom is -0.376 e. The van der Waals surface area contributed by atoms with E-state index in [2.05, 4.69) is 13.0 Å². The molecule has 1 aliphatic carbocycles. The zero-order valence-electron chi connectivity index (χ0n) is 14.8. The minimum atomic E-state index is -3.35. The number of nitrogens with zero attached hydrogens (tertiary/aromatic N) is 4. The predicted octanol–water partition coefficient (Wildman–Crippen LogP) is -0.0801. The van der Waals surface area contributed by atoms with Crippen LogP contribution in [0.2, 0.25) is 0 Å². The van der Waals surface area contributed by atoms with Crippen molar-refractivity contribution < 1.29 is 13.5 Å². The fourth-order valence-corrected chi connectivity index (χ4v) is 5.17. The first kappa shape index (κ1) is 18.2. The number of hydrogen-bond acceptors (Lipinski definition) is 7. The van der Waals surface area contributed by atoms with Crippen molar-refractivity contribution in [3.8, 4) is 6.07 Å². The van der Waals surface area contributed by atoms with Crippen LogP contribution in [0.15, 0.2) is 24.0 Å². The van der Waals surface area contributed by atoms with Crippen LogP contribution in [-0.4, -0.2) is 64.4 Å². The number of aliphatic hydroxyl groups excluding tert-OH is 1. The van der Waals surface area contributed by atoms with E-state index >= 15 is 0 Å². The molecule has 0 aromatic heterocycles. The van der Waals surface area contributed by atoms with Gasteiger partial charge < -0.3 is 15.0 Å². The summed E-state index contributed by atoms with van der Waals surface area (Å²) in [6.45, 7) is 5.71. The number of nitriles is 1. The summed E-state index contributed by atoms with van der Waals surface area (Å²) >= 11 is 0. The summed E-state index contributed by atoms with van der Waals surface area (Å²) in [4.78, 5) is 1.83. The summed E-state index contributed by atoms with van der Waals surface area (Å²) in [5.41, 5.74) is 0.209. The summed E-state index contributed by atoms with van der Waals surface area (Å²) in [7, 11) is -3.35. The Morgan fingerprint density at radius 1 is 1.56 bits per heavy atom. The molecular weight excluding hydrogens is 342 g/mol. The largest absolute Gasteiger partial charge is 0.376 e. The molecule has 3 rings (SSSR count). The van der Waals surface area contributed by atoms with Crippen LogP contribution in [0.1, 0.15) is 27.2 Å². The molecule has 9 heteroatoms. The summed E-state index contributed by atoms with van der Waals surface area (Å²) in [5.74, 6) is 6.25. The molecule has 25 heavy (non-hydrogen) atoms. The highest BCUT2D eigenvalue weighted by Gasteiger charge is 2.61. The molecule has 2 aliphatic heterocycles. The molecule has 2 unspecified atom stereocenters. The van der Waals surface area contributed by atoms with E-state index in [0.717, 1.165) is 5.57 Å². The monoisotopic (exact) mass is 367 g/mol. The van der Waals surface area contributed by atoms with E-state index in [-0.39, 0.29) is 37.7 Å². The number of rotatable bonds is 6. The zero-order chi connectivity index (χ0) is 18.6. The maximum absolute atomic E-state index is 12.3. The fraction of sp³-hybridized carbons (Fsp3) is 0.688. The van der Waals surface area contributed by atoms with Crippen molar-refractivity contribution in [2.45, 2.75) is 44.0 Å². The smallest absolute Gasteiger partial charge is 0.216 e. The van der Waals surface area contributed by atoms with Gasteiger partial charge in [0.05, 0.1) is 29.3 Å². The van der Waals surface area contributed by atoms with Crippen LogP contribution < -0.4 is 5.84 Å². The highest BCUT2D eigenvalue weighted by Crippen LogP contribution is 2.59. The Morgan fingerprint density at radius 2 is 2.20 bits per heavy atom. The SMILES string of the molecule is CC(C)S(=O)(=O)N1CC(CC#N)(N(N)/C=C2\C3N(CO)C=CC23C)C1. The fourth-order valence-electron chi connectivity index (χ4n) is 3.74. The second-order valence-corrected chi connectivity index (χ2v) is 10.1. The topological polar surface area (TPSA) is 114 Å². The van der Waals surface area contributed by atoms with E-state index in [9.17, 15) is 18.8 Å². The summed E-state index contributed by atoms with van der Waals surface area (Å²) in [6.07, 6.45) is 5.86. The van der Waals surface area contributed by atoms with Crippen LogP contribution in [0.3, 0.4) is 0 Å². The van der Waals surface area contributed by atoms with Crippen LogP contribution in [0, 0.1) is 16.7 Å². The van der Waals surface area contributed by atoms with E-state index in [1.165, 1.54) is 9.31 Å². The van der Waals surface area contributed by atoms with Gasteiger partial charge in [-0.15, -0.1) is 0 Å². The van der Waals surface area contributed by atoms with Crippen molar-refractivity contribution in [2.75, 3.05) is 19.8 Å². The van der Waals surface area contributed by atoms with E-state index in [0.29, 0.717) is 0 Å². The number of sulfonamides is 1. The third-order valence-electron chi connectivity index (χ3n) is 5.64. The lowest BCUT2D eigenvalue weighted by Gasteiger charge is -2.52. The molecule has 0 amide bonds. The van der Waals surface area contributed by atoms with Gasteiger partial charge in [0.2, 0.25) is 10.0 Å². The van der Waals surface area contributed by atoms with Crippen LogP contribution in [0.25, 0.3) is 0 Å². The Labute approximate surface area is 148 Å². The summed E-state index contributed by atoms with van der Waals surface area (Å²) < 4.78 is 25.9. The van der Waals surface area contributed by atoms with Gasteiger partial charge in [-0.1, -0.05) is 6.08 Å². The van der Waals surface area contributed by atoms with Crippen molar-refractivity contribution >= 4 is 10.0 Å². The van der Waals surface area contributed by atoms with Crippen LogP contribution >= 0.6 is 0 Å². The lowest BCUT2D eigenvalue weighted by molar-refractivity contribution is 0.0217. The second-order valence-electron chi connectivity index (χ2n) is 7.57. The second kappa shape index (κ2) is 5.71. The summed E-state index contributed by atoms with van der Waals surface area (Å²) in [5, 5.41) is 19.6. The molecule has 2 heterocycles. The van der Waals surface area contributed by atoms with Crippen molar-refractivity contribution in [1.29, 1.82) is 5.26 Å². The molecule has 138 valence electrons. The van der Waals surface area contributed by atoms with Crippen molar-refractivity contribution in [1.82, 2.24) is 14.2 Å². The third kappa shape index (κ3) is 2.56. The molecule has 1 saturated heterocycles. The highest BCUT2D eigenvalue weighted by atomic mass is 32.2. The lowest BCUT2D eigenvalue weighted by Crippen LogP contribution is -2.72. The Balaban J connectivity index is 1.77. The van der Waals surface area contributed by atoms with E-state index < -0.39 is 20.8 Å². The van der Waals surface area contributed by atoms with Crippen LogP contribution in [-0.2, 0) is 10.0 Å². The third-order valence-corrected chi connectivity index (χ3v) is 7.81. The number of nitrogens with two attached hydrogens (primary N) is 1. The molecule has 3 N–H and O–H groups in total. The molecular formula is C16H25N5O3S. The Hall–Kier alpha value is -1.60. The predicted molar refractivity (Wildman–Crippen MR) is 92.7 cm³/mol. The number of hydrazine groups is 1. The molecule has 0 aromatic rings. The maximum atomic E-state index is 12.3. The lowest BCUT2D eigenvalue weighted by atomic mass is 9.88. The Morgan fingerprint density at radius 3 is 2.72 bits per heavy atom. The van der Waals surface area contributed by atoms with Crippen LogP contribution in [0.4, 0.5) is 0 Å². The van der Waals surface area contributed by atoms with Gasteiger partial charge in [0.1, 0.15) is 6.73 Å². The molecule has 2 fully saturated rings. The summed E-state index contributed by atoms with van der Waals surface area (Å²) in [6, 6.07) is 2.21. The Kier molecular flexibility index (Phi) is 4.15. The van der Waals surface area contributed by atoms with Gasteiger partial charge in [0, 0.05) is 24.7 Å². The van der Waals surface area contributed by atoms with Gasteiger partial charge in [-0.05, 0) is 32.5 Å². The quantitative estimate of drug-likeness (QED) is 0.498. The standard InChI is InChI=1S/C16H25N5O3S/c1-12(2)25(23,24)20-9-16(10-20,4-6-17)21(18)8-13-14-15(13,3)5-7-19(14)11-22/h5,7-8,12,14,22H,4,9-11,18H2,1-3H3/b13-8+.